The van der Waals surface area contributed by atoms with Crippen molar-refractivity contribution in [2.24, 2.45) is 0 Å². The Labute approximate surface area is 136 Å². The molecule has 0 radical (unpaired) electrons. The van der Waals surface area contributed by atoms with Crippen molar-refractivity contribution in [2.45, 2.75) is 6.61 Å². The monoisotopic (exact) mass is 419 g/mol. The van der Waals surface area contributed by atoms with E-state index in [1.54, 1.807) is 24.3 Å². The van der Waals surface area contributed by atoms with Crippen molar-refractivity contribution in [1.29, 1.82) is 0 Å². The zero-order chi connectivity index (χ0) is 15.4. The SMILES string of the molecule is O=C(Nc1cccc(OC(F)F)c1)c1ccc(Br)cc1Br. The molecule has 0 unspecified atom stereocenters. The Morgan fingerprint density at radius 2 is 1.90 bits per heavy atom. The van der Waals surface area contributed by atoms with Crippen LogP contribution in [0.4, 0.5) is 14.5 Å². The highest BCUT2D eigenvalue weighted by molar-refractivity contribution is 9.11. The molecule has 21 heavy (non-hydrogen) atoms. The molecule has 1 amide bonds. The molecule has 0 heterocycles. The van der Waals surface area contributed by atoms with Gasteiger partial charge in [-0.2, -0.15) is 8.78 Å². The molecular weight excluding hydrogens is 412 g/mol. The number of hydrogen-bond acceptors (Lipinski definition) is 2. The van der Waals surface area contributed by atoms with Crippen molar-refractivity contribution in [3.63, 3.8) is 0 Å². The summed E-state index contributed by atoms with van der Waals surface area (Å²) in [5.74, 6) is -0.374. The molecule has 0 fully saturated rings. The van der Waals surface area contributed by atoms with Crippen LogP contribution in [0.5, 0.6) is 5.75 Å². The number of alkyl halides is 2. The average Bonchev–Trinajstić information content (AvgIpc) is 2.37. The first-order valence-corrected chi connectivity index (χ1v) is 7.35. The first-order chi connectivity index (χ1) is 9.95. The van der Waals surface area contributed by atoms with Gasteiger partial charge in [-0.25, -0.2) is 0 Å². The third-order valence-corrected chi connectivity index (χ3v) is 3.64. The van der Waals surface area contributed by atoms with E-state index in [-0.39, 0.29) is 11.7 Å². The molecule has 0 aliphatic carbocycles. The van der Waals surface area contributed by atoms with Gasteiger partial charge in [-0.05, 0) is 46.3 Å². The van der Waals surface area contributed by atoms with E-state index >= 15 is 0 Å². The van der Waals surface area contributed by atoms with Crippen LogP contribution >= 0.6 is 31.9 Å². The second-order valence-electron chi connectivity index (χ2n) is 3.98. The van der Waals surface area contributed by atoms with Crippen LogP contribution in [0.1, 0.15) is 10.4 Å². The molecule has 2 aromatic rings. The third-order valence-electron chi connectivity index (χ3n) is 2.49. The molecule has 7 heteroatoms. The van der Waals surface area contributed by atoms with Crippen molar-refractivity contribution in [3.8, 4) is 5.75 Å². The summed E-state index contributed by atoms with van der Waals surface area (Å²) in [5.41, 5.74) is 0.798. The highest BCUT2D eigenvalue weighted by atomic mass is 79.9. The fourth-order valence-corrected chi connectivity index (χ4v) is 2.85. The Kier molecular flexibility index (Phi) is 5.30. The molecular formula is C14H9Br2F2NO2. The number of carbonyl (C=O) groups excluding carboxylic acids is 1. The molecule has 2 rings (SSSR count). The number of anilines is 1. The van der Waals surface area contributed by atoms with E-state index in [1.807, 2.05) is 0 Å². The molecule has 1 N–H and O–H groups in total. The van der Waals surface area contributed by atoms with Gasteiger partial charge < -0.3 is 10.1 Å². The zero-order valence-corrected chi connectivity index (χ0v) is 13.6. The van der Waals surface area contributed by atoms with Gasteiger partial charge in [0.25, 0.3) is 5.91 Å². The normalized spacial score (nSPS) is 10.5. The number of hydrogen-bond donors (Lipinski definition) is 1. The number of halogens is 4. The Morgan fingerprint density at radius 3 is 2.57 bits per heavy atom. The van der Waals surface area contributed by atoms with Crippen LogP contribution in [0.15, 0.2) is 51.4 Å². The standard InChI is InChI=1S/C14H9Br2F2NO2/c15-8-4-5-11(12(16)6-8)13(20)19-9-2-1-3-10(7-9)21-14(17)18/h1-7,14H,(H,19,20). The second kappa shape index (κ2) is 7.00. The molecule has 0 aliphatic heterocycles. The van der Waals surface area contributed by atoms with Gasteiger partial charge >= 0.3 is 6.61 Å². The third kappa shape index (κ3) is 4.50. The Morgan fingerprint density at radius 1 is 1.14 bits per heavy atom. The van der Waals surface area contributed by atoms with Crippen molar-refractivity contribution < 1.29 is 18.3 Å². The number of benzene rings is 2. The Bertz CT molecular complexity index is 665. The maximum absolute atomic E-state index is 12.2. The lowest BCUT2D eigenvalue weighted by molar-refractivity contribution is -0.0497. The van der Waals surface area contributed by atoms with Crippen LogP contribution in [-0.2, 0) is 0 Å². The van der Waals surface area contributed by atoms with E-state index in [2.05, 4.69) is 41.9 Å². The molecule has 0 aliphatic rings. The number of amides is 1. The zero-order valence-electron chi connectivity index (χ0n) is 10.4. The average molecular weight is 421 g/mol. The molecule has 2 aromatic carbocycles. The van der Waals surface area contributed by atoms with E-state index in [4.69, 9.17) is 0 Å². The summed E-state index contributed by atoms with van der Waals surface area (Å²) in [6.07, 6.45) is 0. The first kappa shape index (κ1) is 15.9. The summed E-state index contributed by atoms with van der Waals surface area (Å²) in [6.45, 7) is -2.91. The van der Waals surface area contributed by atoms with Crippen molar-refractivity contribution >= 4 is 43.5 Å². The fourth-order valence-electron chi connectivity index (χ4n) is 1.62. The predicted molar refractivity (Wildman–Crippen MR) is 82.9 cm³/mol. The molecule has 0 spiro atoms. The largest absolute Gasteiger partial charge is 0.435 e. The van der Waals surface area contributed by atoms with Gasteiger partial charge in [0.15, 0.2) is 0 Å². The van der Waals surface area contributed by atoms with Crippen molar-refractivity contribution in [1.82, 2.24) is 0 Å². The van der Waals surface area contributed by atoms with Gasteiger partial charge in [-0.15, -0.1) is 0 Å². The van der Waals surface area contributed by atoms with E-state index in [9.17, 15) is 13.6 Å². The number of nitrogens with one attached hydrogen (secondary N) is 1. The van der Waals surface area contributed by atoms with E-state index < -0.39 is 6.61 Å². The smallest absolute Gasteiger partial charge is 0.387 e. The lowest BCUT2D eigenvalue weighted by Gasteiger charge is -2.09. The lowest BCUT2D eigenvalue weighted by atomic mass is 10.2. The summed E-state index contributed by atoms with van der Waals surface area (Å²) in [6, 6.07) is 10.9. The van der Waals surface area contributed by atoms with Gasteiger partial charge in [-0.3, -0.25) is 4.79 Å². The van der Waals surface area contributed by atoms with Crippen molar-refractivity contribution in [2.75, 3.05) is 5.32 Å². The maximum Gasteiger partial charge on any atom is 0.387 e. The topological polar surface area (TPSA) is 38.3 Å². The summed E-state index contributed by atoms with van der Waals surface area (Å²) >= 11 is 6.59. The van der Waals surface area contributed by atoms with Crippen LogP contribution in [-0.4, -0.2) is 12.5 Å². The van der Waals surface area contributed by atoms with E-state index in [0.717, 1.165) is 4.47 Å². The summed E-state index contributed by atoms with van der Waals surface area (Å²) in [5, 5.41) is 2.62. The van der Waals surface area contributed by atoms with Gasteiger partial charge in [-0.1, -0.05) is 22.0 Å². The number of rotatable bonds is 4. The Balaban J connectivity index is 2.15. The van der Waals surface area contributed by atoms with Gasteiger partial charge in [0.1, 0.15) is 5.75 Å². The highest BCUT2D eigenvalue weighted by Gasteiger charge is 2.11. The van der Waals surface area contributed by atoms with Crippen LogP contribution in [0.3, 0.4) is 0 Å². The summed E-state index contributed by atoms with van der Waals surface area (Å²) < 4.78 is 30.0. The Hall–Kier alpha value is -1.47. The van der Waals surface area contributed by atoms with Gasteiger partial charge in [0, 0.05) is 20.7 Å². The lowest BCUT2D eigenvalue weighted by Crippen LogP contribution is -2.12. The van der Waals surface area contributed by atoms with Gasteiger partial charge in [0.2, 0.25) is 0 Å². The number of carbonyl (C=O) groups is 1. The van der Waals surface area contributed by atoms with Crippen LogP contribution in [0.25, 0.3) is 0 Å². The molecule has 0 bridgehead atoms. The second-order valence-corrected chi connectivity index (χ2v) is 5.75. The predicted octanol–water partition coefficient (Wildman–Crippen LogP) is 5.07. The molecule has 0 saturated heterocycles. The number of ether oxygens (including phenoxy) is 1. The summed E-state index contributed by atoms with van der Waals surface area (Å²) in [7, 11) is 0. The minimum atomic E-state index is -2.91. The first-order valence-electron chi connectivity index (χ1n) is 5.77. The van der Waals surface area contributed by atoms with Crippen LogP contribution < -0.4 is 10.1 Å². The summed E-state index contributed by atoms with van der Waals surface area (Å²) in [4.78, 5) is 12.1. The van der Waals surface area contributed by atoms with Crippen LogP contribution in [0.2, 0.25) is 0 Å². The van der Waals surface area contributed by atoms with E-state index in [0.29, 0.717) is 15.7 Å². The van der Waals surface area contributed by atoms with Crippen LogP contribution in [0, 0.1) is 0 Å². The fraction of sp³-hybridized carbons (Fsp3) is 0.0714. The molecule has 110 valence electrons. The van der Waals surface area contributed by atoms with E-state index in [1.165, 1.54) is 18.2 Å². The maximum atomic E-state index is 12.2. The van der Waals surface area contributed by atoms with Gasteiger partial charge in [0.05, 0.1) is 5.56 Å². The molecule has 0 atom stereocenters. The molecule has 3 nitrogen and oxygen atoms in total. The van der Waals surface area contributed by atoms with Crippen molar-refractivity contribution in [3.05, 3.63) is 57.0 Å². The highest BCUT2D eigenvalue weighted by Crippen LogP contribution is 2.24. The quantitative estimate of drug-likeness (QED) is 0.750. The molecule has 0 saturated carbocycles. The minimum absolute atomic E-state index is 0.0160. The minimum Gasteiger partial charge on any atom is -0.435 e. The molecule has 0 aromatic heterocycles.